The van der Waals surface area contributed by atoms with E-state index in [1.165, 1.54) is 4.90 Å². The Labute approximate surface area is 106 Å². The first-order valence-electron chi connectivity index (χ1n) is 5.66. The predicted molar refractivity (Wildman–Crippen MR) is 68.8 cm³/mol. The maximum Gasteiger partial charge on any atom is 0.260 e. The van der Waals surface area contributed by atoms with Crippen LogP contribution in [0.25, 0.3) is 0 Å². The lowest BCUT2D eigenvalue weighted by Crippen LogP contribution is -2.29. The molecule has 0 unspecified atom stereocenters. The molecule has 2 aromatic rings. The Kier molecular flexibility index (Phi) is 3.86. The number of hydrogen-bond acceptors (Lipinski definition) is 2. The van der Waals surface area contributed by atoms with Crippen LogP contribution in [0.4, 0.5) is 0 Å². The topological polar surface area (TPSA) is 37.4 Å². The molecule has 0 bridgehead atoms. The van der Waals surface area contributed by atoms with Crippen LogP contribution < -0.4 is 0 Å². The molecule has 0 fully saturated rings. The molecule has 0 aliphatic heterocycles. The molecule has 3 nitrogen and oxygen atoms in total. The van der Waals surface area contributed by atoms with E-state index in [2.05, 4.69) is 0 Å². The Balaban J connectivity index is 2.15. The van der Waals surface area contributed by atoms with Crippen molar-refractivity contribution in [1.82, 2.24) is 4.90 Å². The molecule has 0 N–H and O–H groups in total. The maximum atomic E-state index is 12.1. The molecule has 2 rings (SSSR count). The fraction of sp³-hybridized carbons (Fsp3) is 0.0667. The van der Waals surface area contributed by atoms with E-state index in [9.17, 15) is 9.59 Å². The summed E-state index contributed by atoms with van der Waals surface area (Å²) in [5, 5.41) is 0. The summed E-state index contributed by atoms with van der Waals surface area (Å²) in [5.74, 6) is -0.283. The van der Waals surface area contributed by atoms with Gasteiger partial charge in [0.05, 0.1) is 6.54 Å². The van der Waals surface area contributed by atoms with E-state index < -0.39 is 0 Å². The summed E-state index contributed by atoms with van der Waals surface area (Å²) in [6.07, 6.45) is 0.572. The van der Waals surface area contributed by atoms with Gasteiger partial charge in [0, 0.05) is 5.56 Å². The third kappa shape index (κ3) is 2.83. The van der Waals surface area contributed by atoms with Gasteiger partial charge in [-0.15, -0.1) is 0 Å². The third-order valence-corrected chi connectivity index (χ3v) is 2.60. The Morgan fingerprint density at radius 1 is 0.944 bits per heavy atom. The van der Waals surface area contributed by atoms with Gasteiger partial charge in [-0.05, 0) is 17.7 Å². The van der Waals surface area contributed by atoms with E-state index >= 15 is 0 Å². The molecule has 0 aromatic heterocycles. The van der Waals surface area contributed by atoms with Crippen molar-refractivity contribution < 1.29 is 9.59 Å². The molecular formula is C15H13NO2. The van der Waals surface area contributed by atoms with E-state index in [4.69, 9.17) is 0 Å². The number of hydrogen-bond donors (Lipinski definition) is 0. The number of carbonyl (C=O) groups excluding carboxylic acids is 2. The second kappa shape index (κ2) is 5.77. The second-order valence-corrected chi connectivity index (χ2v) is 3.89. The van der Waals surface area contributed by atoms with Crippen LogP contribution in [-0.4, -0.2) is 17.2 Å². The minimum atomic E-state index is -0.283. The summed E-state index contributed by atoms with van der Waals surface area (Å²) in [4.78, 5) is 24.3. The lowest BCUT2D eigenvalue weighted by atomic mass is 10.1. The van der Waals surface area contributed by atoms with Gasteiger partial charge >= 0.3 is 0 Å². The Hall–Kier alpha value is -2.42. The van der Waals surface area contributed by atoms with Gasteiger partial charge in [0.15, 0.2) is 0 Å². The first-order valence-corrected chi connectivity index (χ1v) is 5.66. The Bertz CT molecular complexity index is 523. The first-order chi connectivity index (χ1) is 8.81. The zero-order chi connectivity index (χ0) is 12.8. The van der Waals surface area contributed by atoms with E-state index in [1.54, 1.807) is 24.3 Å². The van der Waals surface area contributed by atoms with Crippen molar-refractivity contribution in [2.75, 3.05) is 0 Å². The van der Waals surface area contributed by atoms with E-state index in [0.717, 1.165) is 5.56 Å². The number of rotatable bonds is 4. The average Bonchev–Trinajstić information content (AvgIpc) is 2.46. The fourth-order valence-electron chi connectivity index (χ4n) is 1.68. The number of nitrogens with zero attached hydrogens (tertiary/aromatic N) is 1. The van der Waals surface area contributed by atoms with Crippen LogP contribution in [0.15, 0.2) is 60.7 Å². The van der Waals surface area contributed by atoms with E-state index in [0.29, 0.717) is 12.0 Å². The molecule has 0 saturated heterocycles. The largest absolute Gasteiger partial charge is 0.278 e. The second-order valence-electron chi connectivity index (χ2n) is 3.89. The van der Waals surface area contributed by atoms with E-state index in [1.807, 2.05) is 36.4 Å². The highest BCUT2D eigenvalue weighted by molar-refractivity contribution is 5.99. The standard InChI is InChI=1S/C15H13NO2/c17-12-16(11-13-7-3-1-4-8-13)15(18)14-9-5-2-6-10-14/h1-10,12H,11H2. The fourth-order valence-corrected chi connectivity index (χ4v) is 1.68. The lowest BCUT2D eigenvalue weighted by Gasteiger charge is -2.15. The van der Waals surface area contributed by atoms with Gasteiger partial charge in [-0.2, -0.15) is 0 Å². The summed E-state index contributed by atoms with van der Waals surface area (Å²) < 4.78 is 0. The van der Waals surface area contributed by atoms with Gasteiger partial charge in [-0.3, -0.25) is 14.5 Å². The highest BCUT2D eigenvalue weighted by Crippen LogP contribution is 2.08. The monoisotopic (exact) mass is 239 g/mol. The number of imide groups is 1. The zero-order valence-electron chi connectivity index (χ0n) is 9.82. The summed E-state index contributed by atoms with van der Waals surface area (Å²) >= 11 is 0. The highest BCUT2D eigenvalue weighted by Gasteiger charge is 2.14. The van der Waals surface area contributed by atoms with Crippen molar-refractivity contribution in [3.8, 4) is 0 Å². The smallest absolute Gasteiger partial charge is 0.260 e. The zero-order valence-corrected chi connectivity index (χ0v) is 9.82. The third-order valence-electron chi connectivity index (χ3n) is 2.60. The van der Waals surface area contributed by atoms with Crippen LogP contribution in [-0.2, 0) is 11.3 Å². The van der Waals surface area contributed by atoms with Crippen LogP contribution in [0.1, 0.15) is 15.9 Å². The minimum absolute atomic E-state index is 0.283. The van der Waals surface area contributed by atoms with Gasteiger partial charge in [-0.25, -0.2) is 0 Å². The molecule has 0 aliphatic rings. The summed E-state index contributed by atoms with van der Waals surface area (Å²) in [6, 6.07) is 18.2. The molecule has 2 amide bonds. The van der Waals surface area contributed by atoms with Gasteiger partial charge in [0.1, 0.15) is 0 Å². The van der Waals surface area contributed by atoms with Gasteiger partial charge in [0.25, 0.3) is 5.91 Å². The number of amides is 2. The molecule has 18 heavy (non-hydrogen) atoms. The quantitative estimate of drug-likeness (QED) is 0.769. The Morgan fingerprint density at radius 3 is 2.06 bits per heavy atom. The lowest BCUT2D eigenvalue weighted by molar-refractivity contribution is -0.116. The van der Waals surface area contributed by atoms with Crippen molar-refractivity contribution in [2.45, 2.75) is 6.54 Å². The minimum Gasteiger partial charge on any atom is -0.278 e. The molecule has 2 aromatic carbocycles. The van der Waals surface area contributed by atoms with Crippen molar-refractivity contribution >= 4 is 12.3 Å². The molecule has 0 radical (unpaired) electrons. The molecule has 0 spiro atoms. The molecule has 0 heterocycles. The van der Waals surface area contributed by atoms with E-state index in [-0.39, 0.29) is 12.5 Å². The van der Waals surface area contributed by atoms with Crippen molar-refractivity contribution in [2.24, 2.45) is 0 Å². The van der Waals surface area contributed by atoms with Crippen molar-refractivity contribution in [3.05, 3.63) is 71.8 Å². The summed E-state index contributed by atoms with van der Waals surface area (Å²) in [5.41, 5.74) is 1.44. The summed E-state index contributed by atoms with van der Waals surface area (Å²) in [7, 11) is 0. The molecule has 90 valence electrons. The normalized spacial score (nSPS) is 9.78. The van der Waals surface area contributed by atoms with Crippen molar-refractivity contribution in [3.63, 3.8) is 0 Å². The van der Waals surface area contributed by atoms with Crippen LogP contribution in [0.3, 0.4) is 0 Å². The molecule has 0 aliphatic carbocycles. The molecule has 3 heteroatoms. The van der Waals surface area contributed by atoms with Crippen LogP contribution in [0.2, 0.25) is 0 Å². The first kappa shape index (κ1) is 12.0. The van der Waals surface area contributed by atoms with Crippen molar-refractivity contribution in [1.29, 1.82) is 0 Å². The average molecular weight is 239 g/mol. The number of carbonyl (C=O) groups is 2. The van der Waals surface area contributed by atoms with Crippen LogP contribution in [0.5, 0.6) is 0 Å². The molecule has 0 saturated carbocycles. The van der Waals surface area contributed by atoms with Crippen LogP contribution in [0, 0.1) is 0 Å². The summed E-state index contributed by atoms with van der Waals surface area (Å²) in [6.45, 7) is 0.290. The van der Waals surface area contributed by atoms with Gasteiger partial charge in [-0.1, -0.05) is 48.5 Å². The van der Waals surface area contributed by atoms with Gasteiger partial charge < -0.3 is 0 Å². The molecule has 0 atom stereocenters. The highest BCUT2D eigenvalue weighted by atomic mass is 16.2. The predicted octanol–water partition coefficient (Wildman–Crippen LogP) is 2.49. The molecular weight excluding hydrogens is 226 g/mol. The van der Waals surface area contributed by atoms with Gasteiger partial charge in [0.2, 0.25) is 6.41 Å². The Morgan fingerprint density at radius 2 is 1.50 bits per heavy atom. The maximum absolute atomic E-state index is 12.1. The van der Waals surface area contributed by atoms with Crippen LogP contribution >= 0.6 is 0 Å². The number of benzene rings is 2. The SMILES string of the molecule is O=CN(Cc1ccccc1)C(=O)c1ccccc1.